The topological polar surface area (TPSA) is 139 Å². The van der Waals surface area contributed by atoms with Crippen LogP contribution in [0.4, 0.5) is 10.1 Å². The number of sulfone groups is 1. The summed E-state index contributed by atoms with van der Waals surface area (Å²) in [6.07, 6.45) is 3.25. The van der Waals surface area contributed by atoms with E-state index in [0.717, 1.165) is 25.2 Å². The van der Waals surface area contributed by atoms with E-state index in [2.05, 4.69) is 0 Å². The number of aromatic nitrogens is 1. The number of aliphatic hydroxyl groups excluding tert-OH is 1. The summed E-state index contributed by atoms with van der Waals surface area (Å²) in [6.45, 7) is 0.580. The minimum Gasteiger partial charge on any atom is -0.492 e. The number of pyridine rings is 1. The number of rotatable bonds is 7. The molecule has 10 nitrogen and oxygen atoms in total. The van der Waals surface area contributed by atoms with Crippen LogP contribution in [-0.4, -0.2) is 55.6 Å². The molecule has 2 unspecified atom stereocenters. The van der Waals surface area contributed by atoms with Crippen molar-refractivity contribution in [2.24, 2.45) is 5.92 Å². The van der Waals surface area contributed by atoms with Gasteiger partial charge in [0, 0.05) is 37.5 Å². The number of methoxy groups -OCH3 is 1. The molecule has 3 aromatic rings. The third-order valence-electron chi connectivity index (χ3n) is 6.82. The molecule has 12 heteroatoms. The first-order chi connectivity index (χ1) is 17.0. The van der Waals surface area contributed by atoms with Crippen molar-refractivity contribution >= 4 is 32.4 Å². The van der Waals surface area contributed by atoms with E-state index in [1.165, 1.54) is 25.4 Å². The largest absolute Gasteiger partial charge is 0.492 e. The fourth-order valence-electron chi connectivity index (χ4n) is 4.90. The molecule has 0 spiro atoms. The number of nitrogens with zero attached hydrogens (tertiary/aromatic N) is 2. The Morgan fingerprint density at radius 3 is 2.58 bits per heavy atom. The van der Waals surface area contributed by atoms with E-state index < -0.39 is 38.7 Å². The molecular weight excluding hydrogens is 495 g/mol. The van der Waals surface area contributed by atoms with Gasteiger partial charge in [-0.3, -0.25) is 4.79 Å². The first-order valence-electron chi connectivity index (χ1n) is 11.4. The van der Waals surface area contributed by atoms with Crippen molar-refractivity contribution in [3.63, 3.8) is 0 Å². The molecule has 5 rings (SSSR count). The van der Waals surface area contributed by atoms with Gasteiger partial charge in [-0.25, -0.2) is 17.6 Å². The van der Waals surface area contributed by atoms with E-state index >= 15 is 4.39 Å². The maximum absolute atomic E-state index is 15.5. The predicted octanol–water partition coefficient (Wildman–Crippen LogP) is 2.74. The number of carboxylic acids is 1. The van der Waals surface area contributed by atoms with Gasteiger partial charge >= 0.3 is 5.97 Å². The van der Waals surface area contributed by atoms with Crippen LogP contribution >= 0.6 is 0 Å². The van der Waals surface area contributed by atoms with E-state index in [0.29, 0.717) is 18.5 Å². The van der Waals surface area contributed by atoms with Gasteiger partial charge in [-0.2, -0.15) is 0 Å². The summed E-state index contributed by atoms with van der Waals surface area (Å²) in [5, 5.41) is 20.0. The number of hydrogen-bond acceptors (Lipinski definition) is 8. The number of aromatic carboxylic acids is 1. The van der Waals surface area contributed by atoms with Gasteiger partial charge in [0.2, 0.25) is 20.4 Å². The molecule has 192 valence electrons. The Morgan fingerprint density at radius 1 is 1.28 bits per heavy atom. The molecule has 2 fully saturated rings. The number of aliphatic hydroxyl groups is 1. The summed E-state index contributed by atoms with van der Waals surface area (Å²) in [4.78, 5) is 26.2. The average Bonchev–Trinajstić information content (AvgIpc) is 3.32. The summed E-state index contributed by atoms with van der Waals surface area (Å²) in [7, 11) is -2.20. The van der Waals surface area contributed by atoms with Crippen LogP contribution in [0.1, 0.15) is 47.5 Å². The Balaban J connectivity index is 1.55. The molecule has 2 aliphatic rings. The Kier molecular flexibility index (Phi) is 5.83. The smallest absolute Gasteiger partial charge is 0.341 e. The molecule has 36 heavy (non-hydrogen) atoms. The summed E-state index contributed by atoms with van der Waals surface area (Å²) in [6, 6.07) is 3.73. The fourth-order valence-corrected chi connectivity index (χ4v) is 5.46. The van der Waals surface area contributed by atoms with Crippen molar-refractivity contribution in [3.05, 3.63) is 51.8 Å². The number of halogens is 1. The zero-order valence-electron chi connectivity index (χ0n) is 19.6. The van der Waals surface area contributed by atoms with Gasteiger partial charge in [0.15, 0.2) is 11.6 Å². The van der Waals surface area contributed by atoms with Crippen molar-refractivity contribution in [1.82, 2.24) is 4.57 Å². The summed E-state index contributed by atoms with van der Waals surface area (Å²) in [5.41, 5.74) is -0.765. The van der Waals surface area contributed by atoms with Crippen molar-refractivity contribution in [2.45, 2.75) is 36.5 Å². The van der Waals surface area contributed by atoms with Gasteiger partial charge in [0.25, 0.3) is 0 Å². The van der Waals surface area contributed by atoms with Crippen LogP contribution in [0.2, 0.25) is 0 Å². The highest BCUT2D eigenvalue weighted by Gasteiger charge is 2.36. The van der Waals surface area contributed by atoms with Crippen LogP contribution < -0.4 is 15.1 Å². The van der Waals surface area contributed by atoms with Crippen LogP contribution in [0, 0.1) is 11.7 Å². The maximum atomic E-state index is 15.5. The first kappa shape index (κ1) is 24.3. The molecule has 1 aliphatic carbocycles. The monoisotopic (exact) mass is 520 g/mol. The second-order valence-corrected chi connectivity index (χ2v) is 11.3. The molecule has 2 N–H and O–H groups in total. The molecular formula is C24H25FN2O8S. The van der Waals surface area contributed by atoms with Crippen LogP contribution in [0.15, 0.2) is 38.7 Å². The van der Waals surface area contributed by atoms with E-state index in [-0.39, 0.29) is 46.2 Å². The third-order valence-corrected chi connectivity index (χ3v) is 7.77. The maximum Gasteiger partial charge on any atom is 0.341 e. The number of fused-ring (bicyclic) bond motifs is 1. The minimum absolute atomic E-state index is 0.0189. The molecule has 2 atom stereocenters. The fraction of sp³-hybridized carbons (Fsp3) is 0.417. The first-order valence-corrected chi connectivity index (χ1v) is 13.3. The molecule has 0 radical (unpaired) electrons. The Bertz CT molecular complexity index is 1540. The Morgan fingerprint density at radius 2 is 2.00 bits per heavy atom. The Labute approximate surface area is 205 Å². The molecule has 3 heterocycles. The number of benzene rings is 1. The van der Waals surface area contributed by atoms with Crippen LogP contribution in [-0.2, 0) is 9.84 Å². The van der Waals surface area contributed by atoms with Gasteiger partial charge < -0.3 is 28.8 Å². The van der Waals surface area contributed by atoms with Crippen molar-refractivity contribution in [1.29, 1.82) is 0 Å². The number of carboxylic acid groups (broad SMARTS) is 1. The summed E-state index contributed by atoms with van der Waals surface area (Å²) < 4.78 is 51.5. The average molecular weight is 521 g/mol. The van der Waals surface area contributed by atoms with Crippen LogP contribution in [0.3, 0.4) is 0 Å². The van der Waals surface area contributed by atoms with E-state index in [9.17, 15) is 28.2 Å². The number of furan rings is 1. The quantitative estimate of drug-likeness (QED) is 0.481. The SMILES string of the molecule is COc1c(N2CCC(C(O)c3ccc(S(C)(=O)=O)o3)C2)c(F)cc2c(=O)c(C(=O)O)cn(C3CC3)c12. The predicted molar refractivity (Wildman–Crippen MR) is 127 cm³/mol. The lowest BCUT2D eigenvalue weighted by molar-refractivity contribution is 0.0694. The standard InChI is InChI=1S/C24H25FN2O8S/c1-34-23-19-14(22(29)15(24(30)31)11-27(19)13-3-4-13)9-16(25)20(23)26-8-7-12(10-26)21(28)17-5-6-18(35-17)36(2,32)33/h5-6,9,11-13,21,28H,3-4,7-8,10H2,1-2H3,(H,30,31). The van der Waals surface area contributed by atoms with Gasteiger partial charge in [0.1, 0.15) is 23.1 Å². The molecule has 2 aromatic heterocycles. The molecule has 1 saturated carbocycles. The normalized spacial score (nSPS) is 19.1. The molecule has 0 amide bonds. The van der Waals surface area contributed by atoms with Gasteiger partial charge in [-0.1, -0.05) is 0 Å². The lowest BCUT2D eigenvalue weighted by atomic mass is 10.00. The van der Waals surface area contributed by atoms with Crippen molar-refractivity contribution < 1.29 is 37.0 Å². The minimum atomic E-state index is -3.57. The van der Waals surface area contributed by atoms with Crippen molar-refractivity contribution in [3.8, 4) is 5.75 Å². The van der Waals surface area contributed by atoms with Gasteiger partial charge in [-0.05, 0) is 37.5 Å². The highest BCUT2D eigenvalue weighted by atomic mass is 32.2. The molecule has 1 saturated heterocycles. The zero-order valence-corrected chi connectivity index (χ0v) is 20.4. The third kappa shape index (κ3) is 4.03. The highest BCUT2D eigenvalue weighted by molar-refractivity contribution is 7.90. The molecule has 0 bridgehead atoms. The number of anilines is 1. The summed E-state index contributed by atoms with van der Waals surface area (Å²) >= 11 is 0. The lowest BCUT2D eigenvalue weighted by Gasteiger charge is -2.25. The zero-order chi connectivity index (χ0) is 25.9. The van der Waals surface area contributed by atoms with Crippen LogP contribution in [0.5, 0.6) is 5.75 Å². The number of hydrogen-bond donors (Lipinski definition) is 2. The second-order valence-electron chi connectivity index (χ2n) is 9.32. The highest BCUT2D eigenvalue weighted by Crippen LogP contribution is 2.45. The van der Waals surface area contributed by atoms with E-state index in [1.807, 2.05) is 0 Å². The molecule has 1 aliphatic heterocycles. The van der Waals surface area contributed by atoms with Crippen LogP contribution in [0.25, 0.3) is 10.9 Å². The lowest BCUT2D eigenvalue weighted by Crippen LogP contribution is -2.25. The number of ether oxygens (including phenoxy) is 1. The van der Waals surface area contributed by atoms with Gasteiger partial charge in [-0.15, -0.1) is 0 Å². The Hall–Kier alpha value is -3.38. The van der Waals surface area contributed by atoms with E-state index in [4.69, 9.17) is 9.15 Å². The van der Waals surface area contributed by atoms with Gasteiger partial charge in [0.05, 0.1) is 18.0 Å². The molecule has 1 aromatic carbocycles. The second kappa shape index (κ2) is 8.63. The van der Waals surface area contributed by atoms with E-state index in [1.54, 1.807) is 9.47 Å². The van der Waals surface area contributed by atoms with Crippen molar-refractivity contribution in [2.75, 3.05) is 31.4 Å². The summed E-state index contributed by atoms with van der Waals surface area (Å²) in [5.74, 6) is -2.28. The number of carbonyl (C=O) groups is 1.